The largest absolute Gasteiger partial charge is 0.385 e. The van der Waals surface area contributed by atoms with E-state index in [1.54, 1.807) is 7.11 Å². The summed E-state index contributed by atoms with van der Waals surface area (Å²) in [6.07, 6.45) is 3.19. The highest BCUT2D eigenvalue weighted by Gasteiger charge is 2.24. The maximum atomic E-state index is 12.8. The summed E-state index contributed by atoms with van der Waals surface area (Å²) in [5, 5.41) is 3.35. The number of methoxy groups -OCH3 is 1. The minimum atomic E-state index is 0. The highest BCUT2D eigenvalue weighted by Crippen LogP contribution is 2.16. The van der Waals surface area contributed by atoms with Crippen LogP contribution in [0, 0.1) is 0 Å². The Balaban J connectivity index is 0.00000385. The third-order valence-corrected chi connectivity index (χ3v) is 6.04. The Labute approximate surface area is 215 Å². The first kappa shape index (κ1) is 27.7. The van der Waals surface area contributed by atoms with E-state index >= 15 is 0 Å². The maximum Gasteiger partial charge on any atom is 0.244 e. The summed E-state index contributed by atoms with van der Waals surface area (Å²) in [4.78, 5) is 24.0. The second kappa shape index (κ2) is 15.3. The quantitative estimate of drug-likeness (QED) is 0.212. The number of carbonyl (C=O) groups excluding carboxylic acids is 1. The van der Waals surface area contributed by atoms with Gasteiger partial charge in [0.1, 0.15) is 6.54 Å². The normalized spacial score (nSPS) is 17.6. The number of nitrogens with one attached hydrogen (secondary N) is 1. The number of nitrogens with zero attached hydrogens (tertiary/aromatic N) is 4. The first-order valence-electron chi connectivity index (χ1n) is 11.9. The lowest BCUT2D eigenvalue weighted by molar-refractivity contribution is -0.129. The van der Waals surface area contributed by atoms with Crippen LogP contribution in [0.4, 0.5) is 5.69 Å². The second-order valence-electron chi connectivity index (χ2n) is 8.28. The van der Waals surface area contributed by atoms with Gasteiger partial charge in [-0.1, -0.05) is 18.2 Å². The van der Waals surface area contributed by atoms with E-state index in [2.05, 4.69) is 51.3 Å². The molecule has 0 atom stereocenters. The predicted molar refractivity (Wildman–Crippen MR) is 144 cm³/mol. The first-order valence-corrected chi connectivity index (χ1v) is 11.9. The Kier molecular flexibility index (Phi) is 12.9. The summed E-state index contributed by atoms with van der Waals surface area (Å²) < 4.78 is 11.0. The van der Waals surface area contributed by atoms with E-state index < -0.39 is 0 Å². The van der Waals surface area contributed by atoms with Gasteiger partial charge in [0.15, 0.2) is 5.96 Å². The van der Waals surface area contributed by atoms with Gasteiger partial charge in [0.2, 0.25) is 5.91 Å². The third-order valence-electron chi connectivity index (χ3n) is 6.04. The van der Waals surface area contributed by atoms with Crippen LogP contribution >= 0.6 is 24.0 Å². The van der Waals surface area contributed by atoms with Crippen LogP contribution in [0.3, 0.4) is 0 Å². The molecule has 8 nitrogen and oxygen atoms in total. The zero-order chi connectivity index (χ0) is 22.6. The lowest BCUT2D eigenvalue weighted by atomic mass is 10.1. The Bertz CT molecular complexity index is 705. The van der Waals surface area contributed by atoms with Crippen LogP contribution < -0.4 is 10.2 Å². The molecule has 2 fully saturated rings. The van der Waals surface area contributed by atoms with E-state index in [0.29, 0.717) is 6.10 Å². The summed E-state index contributed by atoms with van der Waals surface area (Å²) in [6, 6.07) is 10.4. The average molecular weight is 574 g/mol. The number of para-hydroxylation sites is 1. The number of halogens is 1. The van der Waals surface area contributed by atoms with Crippen LogP contribution in [0.2, 0.25) is 0 Å². The summed E-state index contributed by atoms with van der Waals surface area (Å²) in [5.74, 6) is 0.936. The molecule has 0 unspecified atom stereocenters. The van der Waals surface area contributed by atoms with Gasteiger partial charge < -0.3 is 29.5 Å². The molecule has 3 rings (SSSR count). The molecule has 33 heavy (non-hydrogen) atoms. The van der Waals surface area contributed by atoms with Gasteiger partial charge in [-0.15, -0.1) is 24.0 Å². The number of aliphatic imine (C=N–C) groups is 1. The van der Waals surface area contributed by atoms with Crippen LogP contribution in [-0.2, 0) is 14.3 Å². The number of ether oxygens (including phenoxy) is 2. The third kappa shape index (κ3) is 8.94. The van der Waals surface area contributed by atoms with Gasteiger partial charge in [-0.25, -0.2) is 4.99 Å². The van der Waals surface area contributed by atoms with Crippen molar-refractivity contribution in [1.29, 1.82) is 0 Å². The summed E-state index contributed by atoms with van der Waals surface area (Å²) >= 11 is 0. The number of piperazine rings is 1. The molecule has 0 aliphatic carbocycles. The smallest absolute Gasteiger partial charge is 0.244 e. The Morgan fingerprint density at radius 1 is 1.03 bits per heavy atom. The lowest BCUT2D eigenvalue weighted by Gasteiger charge is -2.36. The maximum absolute atomic E-state index is 12.8. The fourth-order valence-corrected chi connectivity index (χ4v) is 4.21. The molecular weight excluding hydrogens is 533 g/mol. The van der Waals surface area contributed by atoms with Crippen molar-refractivity contribution < 1.29 is 14.3 Å². The van der Waals surface area contributed by atoms with Gasteiger partial charge in [0.05, 0.1) is 6.10 Å². The molecule has 1 aromatic carbocycles. The number of likely N-dealkylation sites (tertiary alicyclic amines) is 1. The van der Waals surface area contributed by atoms with Crippen molar-refractivity contribution in [1.82, 2.24) is 15.1 Å². The van der Waals surface area contributed by atoms with Crippen molar-refractivity contribution in [3.8, 4) is 0 Å². The minimum Gasteiger partial charge on any atom is -0.385 e. The SMILES string of the molecule is CCNC(=NCC(=O)N1CCN(c2ccccc2)CC1)N1CCC(OCCCOC)CC1.I. The van der Waals surface area contributed by atoms with E-state index in [4.69, 9.17) is 9.47 Å². The zero-order valence-corrected chi connectivity index (χ0v) is 22.4. The van der Waals surface area contributed by atoms with Gasteiger partial charge in [-0.2, -0.15) is 0 Å². The molecule has 0 spiro atoms. The topological polar surface area (TPSA) is 69.6 Å². The molecule has 0 saturated carbocycles. The number of amides is 1. The molecule has 2 aliphatic heterocycles. The molecule has 186 valence electrons. The molecule has 0 aromatic heterocycles. The number of piperidine rings is 1. The van der Waals surface area contributed by atoms with Crippen LogP contribution in [0.25, 0.3) is 0 Å². The molecule has 9 heteroatoms. The minimum absolute atomic E-state index is 0. The number of anilines is 1. The van der Waals surface area contributed by atoms with Gasteiger partial charge in [0.25, 0.3) is 0 Å². The van der Waals surface area contributed by atoms with Crippen molar-refractivity contribution in [2.45, 2.75) is 32.3 Å². The standard InChI is InChI=1S/C24H39N5O3.HI/c1-3-25-24(29-12-10-22(11-13-29)32-19-7-18-31-2)26-20-23(30)28-16-14-27(15-17-28)21-8-5-4-6-9-21;/h4-6,8-9,22H,3,7,10-20H2,1-2H3,(H,25,26);1H. The number of guanidine groups is 1. The number of hydrogen-bond acceptors (Lipinski definition) is 5. The number of hydrogen-bond donors (Lipinski definition) is 1. The molecule has 1 N–H and O–H groups in total. The molecule has 1 amide bonds. The molecule has 2 heterocycles. The zero-order valence-electron chi connectivity index (χ0n) is 20.1. The number of rotatable bonds is 9. The van der Waals surface area contributed by atoms with E-state index in [0.717, 1.165) is 84.2 Å². The summed E-state index contributed by atoms with van der Waals surface area (Å²) in [7, 11) is 1.72. The Morgan fingerprint density at radius 3 is 2.36 bits per heavy atom. The first-order chi connectivity index (χ1) is 15.7. The second-order valence-corrected chi connectivity index (χ2v) is 8.28. The molecular formula is C24H40IN5O3. The van der Waals surface area contributed by atoms with E-state index in [1.165, 1.54) is 5.69 Å². The molecule has 2 aliphatic rings. The molecule has 0 bridgehead atoms. The van der Waals surface area contributed by atoms with E-state index in [9.17, 15) is 4.79 Å². The van der Waals surface area contributed by atoms with Crippen LogP contribution in [0.1, 0.15) is 26.2 Å². The van der Waals surface area contributed by atoms with Crippen molar-refractivity contribution in [3.05, 3.63) is 30.3 Å². The van der Waals surface area contributed by atoms with E-state index in [1.807, 2.05) is 11.0 Å². The number of carbonyl (C=O) groups is 1. The summed E-state index contributed by atoms with van der Waals surface area (Å²) in [5.41, 5.74) is 1.22. The fourth-order valence-electron chi connectivity index (χ4n) is 4.21. The summed E-state index contributed by atoms with van der Waals surface area (Å²) in [6.45, 7) is 9.52. The van der Waals surface area contributed by atoms with Crippen LogP contribution in [-0.4, -0.2) is 100 Å². The van der Waals surface area contributed by atoms with Gasteiger partial charge in [0, 0.05) is 71.8 Å². The van der Waals surface area contributed by atoms with Crippen LogP contribution in [0.15, 0.2) is 35.3 Å². The van der Waals surface area contributed by atoms with Crippen LogP contribution in [0.5, 0.6) is 0 Å². The lowest BCUT2D eigenvalue weighted by Crippen LogP contribution is -2.50. The molecule has 1 aromatic rings. The highest BCUT2D eigenvalue weighted by atomic mass is 127. The van der Waals surface area contributed by atoms with Gasteiger partial charge in [-0.3, -0.25) is 4.79 Å². The van der Waals surface area contributed by atoms with Crippen molar-refractivity contribution in [2.75, 3.05) is 77.6 Å². The van der Waals surface area contributed by atoms with E-state index in [-0.39, 0.29) is 36.4 Å². The molecule has 0 radical (unpaired) electrons. The number of benzene rings is 1. The van der Waals surface area contributed by atoms with Gasteiger partial charge in [-0.05, 0) is 38.3 Å². The van der Waals surface area contributed by atoms with Crippen molar-refractivity contribution in [2.24, 2.45) is 4.99 Å². The Morgan fingerprint density at radius 2 is 1.73 bits per heavy atom. The van der Waals surface area contributed by atoms with Crippen molar-refractivity contribution in [3.63, 3.8) is 0 Å². The molecule has 2 saturated heterocycles. The van der Waals surface area contributed by atoms with Crippen molar-refractivity contribution >= 4 is 41.5 Å². The monoisotopic (exact) mass is 573 g/mol. The van der Waals surface area contributed by atoms with Gasteiger partial charge >= 0.3 is 0 Å². The fraction of sp³-hybridized carbons (Fsp3) is 0.667. The average Bonchev–Trinajstić information content (AvgIpc) is 2.85. The highest BCUT2D eigenvalue weighted by molar-refractivity contribution is 14.0. The Hall–Kier alpha value is -1.59. The predicted octanol–water partition coefficient (Wildman–Crippen LogP) is 2.44.